The fraction of sp³-hybridized carbons (Fsp3) is 0.333. The van der Waals surface area contributed by atoms with Crippen molar-refractivity contribution < 1.29 is 9.21 Å². The van der Waals surface area contributed by atoms with E-state index in [9.17, 15) is 4.79 Å². The number of hydrogen-bond acceptors (Lipinski definition) is 4. The zero-order valence-electron chi connectivity index (χ0n) is 11.3. The van der Waals surface area contributed by atoms with Crippen molar-refractivity contribution in [3.63, 3.8) is 0 Å². The molecule has 0 aliphatic rings. The number of aromatic nitrogens is 1. The van der Waals surface area contributed by atoms with Gasteiger partial charge < -0.3 is 15.5 Å². The second kappa shape index (κ2) is 7.45. The maximum atomic E-state index is 11.4. The molecular formula is C15H19N3O2. The fourth-order valence-electron chi connectivity index (χ4n) is 1.86. The molecule has 20 heavy (non-hydrogen) atoms. The van der Waals surface area contributed by atoms with Crippen molar-refractivity contribution in [1.82, 2.24) is 10.3 Å². The Bertz CT molecular complexity index is 537. The molecule has 2 rings (SSSR count). The lowest BCUT2D eigenvalue weighted by atomic mass is 10.2. The van der Waals surface area contributed by atoms with Crippen LogP contribution in [0, 0.1) is 0 Å². The summed E-state index contributed by atoms with van der Waals surface area (Å²) < 4.78 is 5.67. The number of nitrogens with one attached hydrogen (secondary N) is 1. The van der Waals surface area contributed by atoms with Crippen LogP contribution in [0.1, 0.15) is 18.7 Å². The van der Waals surface area contributed by atoms with Gasteiger partial charge in [-0.05, 0) is 6.42 Å². The predicted molar refractivity (Wildman–Crippen MR) is 76.9 cm³/mol. The molecule has 0 unspecified atom stereocenters. The standard InChI is InChI=1S/C15H19N3O2/c16-9-10-17-14(19)7-4-8-15-18-11-13(20-15)12-5-2-1-3-6-12/h1-3,5-6,11H,4,7-10,16H2,(H,17,19). The molecule has 0 aliphatic carbocycles. The molecule has 0 saturated carbocycles. The molecule has 5 heteroatoms. The molecule has 1 heterocycles. The van der Waals surface area contributed by atoms with Gasteiger partial charge in [-0.15, -0.1) is 0 Å². The third-order valence-corrected chi connectivity index (χ3v) is 2.87. The molecule has 0 fully saturated rings. The van der Waals surface area contributed by atoms with Gasteiger partial charge in [-0.1, -0.05) is 30.3 Å². The Balaban J connectivity index is 1.80. The minimum absolute atomic E-state index is 0.0188. The van der Waals surface area contributed by atoms with E-state index in [-0.39, 0.29) is 5.91 Å². The average molecular weight is 273 g/mol. The number of nitrogens with two attached hydrogens (primary N) is 1. The van der Waals surface area contributed by atoms with Crippen LogP contribution in [-0.2, 0) is 11.2 Å². The molecule has 5 nitrogen and oxygen atoms in total. The summed E-state index contributed by atoms with van der Waals surface area (Å²) in [5.41, 5.74) is 6.32. The van der Waals surface area contributed by atoms with Crippen molar-refractivity contribution in [2.75, 3.05) is 13.1 Å². The van der Waals surface area contributed by atoms with E-state index >= 15 is 0 Å². The van der Waals surface area contributed by atoms with E-state index in [0.717, 1.165) is 11.3 Å². The van der Waals surface area contributed by atoms with Crippen LogP contribution < -0.4 is 11.1 Å². The highest BCUT2D eigenvalue weighted by Crippen LogP contribution is 2.20. The third kappa shape index (κ3) is 4.20. The van der Waals surface area contributed by atoms with Gasteiger partial charge in [-0.25, -0.2) is 4.98 Å². The van der Waals surface area contributed by atoms with E-state index in [1.807, 2.05) is 30.3 Å². The van der Waals surface area contributed by atoms with E-state index < -0.39 is 0 Å². The van der Waals surface area contributed by atoms with Crippen molar-refractivity contribution in [1.29, 1.82) is 0 Å². The number of amides is 1. The van der Waals surface area contributed by atoms with E-state index in [1.54, 1.807) is 6.20 Å². The Morgan fingerprint density at radius 2 is 2.10 bits per heavy atom. The van der Waals surface area contributed by atoms with Crippen LogP contribution in [0.2, 0.25) is 0 Å². The van der Waals surface area contributed by atoms with Crippen molar-refractivity contribution in [3.05, 3.63) is 42.4 Å². The van der Waals surface area contributed by atoms with Gasteiger partial charge >= 0.3 is 0 Å². The molecule has 106 valence electrons. The first-order chi connectivity index (χ1) is 9.79. The lowest BCUT2D eigenvalue weighted by Gasteiger charge is -2.01. The topological polar surface area (TPSA) is 81.1 Å². The average Bonchev–Trinajstić information content (AvgIpc) is 2.95. The van der Waals surface area contributed by atoms with Crippen LogP contribution in [0.25, 0.3) is 11.3 Å². The monoisotopic (exact) mass is 273 g/mol. The molecule has 0 aliphatic heterocycles. The molecule has 0 atom stereocenters. The number of carbonyl (C=O) groups excluding carboxylic acids is 1. The number of hydrogen-bond donors (Lipinski definition) is 2. The smallest absolute Gasteiger partial charge is 0.220 e. The summed E-state index contributed by atoms with van der Waals surface area (Å²) >= 11 is 0. The number of rotatable bonds is 7. The summed E-state index contributed by atoms with van der Waals surface area (Å²) in [5.74, 6) is 1.44. The zero-order valence-corrected chi connectivity index (χ0v) is 11.3. The van der Waals surface area contributed by atoms with Gasteiger partial charge in [0.25, 0.3) is 0 Å². The molecule has 3 N–H and O–H groups in total. The highest BCUT2D eigenvalue weighted by atomic mass is 16.4. The second-order valence-electron chi connectivity index (χ2n) is 4.48. The highest BCUT2D eigenvalue weighted by molar-refractivity contribution is 5.75. The van der Waals surface area contributed by atoms with Crippen LogP contribution in [-0.4, -0.2) is 24.0 Å². The third-order valence-electron chi connectivity index (χ3n) is 2.87. The van der Waals surface area contributed by atoms with E-state index in [4.69, 9.17) is 10.2 Å². The van der Waals surface area contributed by atoms with E-state index in [0.29, 0.717) is 38.2 Å². The Labute approximate surface area is 118 Å². The molecule has 2 aromatic rings. The summed E-state index contributed by atoms with van der Waals surface area (Å²) in [4.78, 5) is 15.6. The normalized spacial score (nSPS) is 10.4. The largest absolute Gasteiger partial charge is 0.441 e. The molecule has 1 aromatic carbocycles. The second-order valence-corrected chi connectivity index (χ2v) is 4.48. The highest BCUT2D eigenvalue weighted by Gasteiger charge is 2.07. The van der Waals surface area contributed by atoms with Crippen LogP contribution in [0.3, 0.4) is 0 Å². The minimum Gasteiger partial charge on any atom is -0.441 e. The number of benzene rings is 1. The summed E-state index contributed by atoms with van der Waals surface area (Å²) in [5, 5.41) is 2.73. The van der Waals surface area contributed by atoms with Crippen LogP contribution in [0.15, 0.2) is 40.9 Å². The summed E-state index contributed by atoms with van der Waals surface area (Å²) in [6.45, 7) is 0.988. The van der Waals surface area contributed by atoms with Crippen LogP contribution in [0.4, 0.5) is 0 Å². The van der Waals surface area contributed by atoms with Gasteiger partial charge in [0.1, 0.15) is 0 Å². The molecule has 0 radical (unpaired) electrons. The van der Waals surface area contributed by atoms with Gasteiger partial charge in [0, 0.05) is 31.5 Å². The molecule has 0 saturated heterocycles. The molecule has 1 aromatic heterocycles. The SMILES string of the molecule is NCCNC(=O)CCCc1ncc(-c2ccccc2)o1. The Morgan fingerprint density at radius 3 is 2.85 bits per heavy atom. The van der Waals surface area contributed by atoms with Gasteiger partial charge in [-0.3, -0.25) is 4.79 Å². The van der Waals surface area contributed by atoms with Crippen LogP contribution in [0.5, 0.6) is 0 Å². The molecule has 1 amide bonds. The number of nitrogens with zero attached hydrogens (tertiary/aromatic N) is 1. The summed E-state index contributed by atoms with van der Waals surface area (Å²) in [7, 11) is 0. The predicted octanol–water partition coefficient (Wildman–Crippen LogP) is 1.74. The van der Waals surface area contributed by atoms with Crippen molar-refractivity contribution >= 4 is 5.91 Å². The summed E-state index contributed by atoms with van der Waals surface area (Å²) in [6, 6.07) is 9.83. The fourth-order valence-corrected chi connectivity index (χ4v) is 1.86. The molecule has 0 bridgehead atoms. The summed E-state index contributed by atoms with van der Waals surface area (Å²) in [6.07, 6.45) is 3.55. The van der Waals surface area contributed by atoms with Gasteiger partial charge in [0.15, 0.2) is 11.7 Å². The van der Waals surface area contributed by atoms with E-state index in [1.165, 1.54) is 0 Å². The first kappa shape index (κ1) is 14.3. The van der Waals surface area contributed by atoms with E-state index in [2.05, 4.69) is 10.3 Å². The minimum atomic E-state index is 0.0188. The quantitative estimate of drug-likeness (QED) is 0.805. The maximum Gasteiger partial charge on any atom is 0.220 e. The van der Waals surface area contributed by atoms with Crippen molar-refractivity contribution in [2.24, 2.45) is 5.73 Å². The Morgan fingerprint density at radius 1 is 1.30 bits per heavy atom. The number of oxazole rings is 1. The molecule has 0 spiro atoms. The maximum absolute atomic E-state index is 11.4. The lowest BCUT2D eigenvalue weighted by molar-refractivity contribution is -0.121. The zero-order chi connectivity index (χ0) is 14.2. The van der Waals surface area contributed by atoms with Gasteiger partial charge in [-0.2, -0.15) is 0 Å². The number of carbonyl (C=O) groups is 1. The van der Waals surface area contributed by atoms with Gasteiger partial charge in [0.2, 0.25) is 5.91 Å². The first-order valence-electron chi connectivity index (χ1n) is 6.76. The Hall–Kier alpha value is -2.14. The molecular weight excluding hydrogens is 254 g/mol. The van der Waals surface area contributed by atoms with Crippen molar-refractivity contribution in [3.8, 4) is 11.3 Å². The van der Waals surface area contributed by atoms with Gasteiger partial charge in [0.05, 0.1) is 6.20 Å². The first-order valence-corrected chi connectivity index (χ1v) is 6.76. The number of aryl methyl sites for hydroxylation is 1. The Kier molecular flexibility index (Phi) is 5.32. The van der Waals surface area contributed by atoms with Crippen molar-refractivity contribution in [2.45, 2.75) is 19.3 Å². The lowest BCUT2D eigenvalue weighted by Crippen LogP contribution is -2.28. The van der Waals surface area contributed by atoms with Crippen LogP contribution >= 0.6 is 0 Å².